The van der Waals surface area contributed by atoms with Crippen molar-refractivity contribution in [2.24, 2.45) is 5.92 Å². The van der Waals surface area contributed by atoms with Crippen LogP contribution in [0.15, 0.2) is 63.3 Å². The molecule has 2 N–H and O–H groups in total. The molecule has 0 aliphatic heterocycles. The molecule has 2 amide bonds. The van der Waals surface area contributed by atoms with Crippen molar-refractivity contribution in [3.8, 4) is 5.75 Å². The Labute approximate surface area is 175 Å². The van der Waals surface area contributed by atoms with Gasteiger partial charge in [-0.2, -0.15) is 0 Å². The lowest BCUT2D eigenvalue weighted by Gasteiger charge is -2.11. The van der Waals surface area contributed by atoms with Gasteiger partial charge >= 0.3 is 0 Å². The number of anilines is 2. The average molecular weight is 427 g/mol. The minimum atomic E-state index is -0.275. The second-order valence-corrected chi connectivity index (χ2v) is 8.55. The third-order valence-electron chi connectivity index (χ3n) is 4.12. The largest absolute Gasteiger partial charge is 0.484 e. The van der Waals surface area contributed by atoms with Gasteiger partial charge in [-0.05, 0) is 37.1 Å². The molecule has 1 fully saturated rings. The number of para-hydroxylation sites is 1. The number of nitrogens with zero attached hydrogens (tertiary/aromatic N) is 2. The number of carbonyl (C=O) groups is 2. The van der Waals surface area contributed by atoms with Crippen LogP contribution < -0.4 is 15.4 Å². The summed E-state index contributed by atoms with van der Waals surface area (Å²) in [5, 5.41) is 13.6. The number of nitrogens with one attached hydrogen (secondary N) is 2. The summed E-state index contributed by atoms with van der Waals surface area (Å²) in [4.78, 5) is 25.1. The highest BCUT2D eigenvalue weighted by Gasteiger charge is 2.29. The standard InChI is InChI=1S/C20H18N4O3S2/c25-18(23-16-6-1-2-7-17(16)29-20-24-21-12-28-20)11-27-15-5-3-4-14(10-15)22-19(26)13-8-9-13/h1-7,10,12-13H,8-9,11H2,(H,22,26)(H,23,25). The van der Waals surface area contributed by atoms with Crippen LogP contribution in [0, 0.1) is 5.92 Å². The zero-order valence-electron chi connectivity index (χ0n) is 15.3. The molecule has 1 aliphatic carbocycles. The number of rotatable bonds is 8. The number of amides is 2. The van der Waals surface area contributed by atoms with Crippen molar-refractivity contribution in [2.75, 3.05) is 17.2 Å². The molecule has 0 spiro atoms. The molecular formula is C20H18N4O3S2. The van der Waals surface area contributed by atoms with Gasteiger partial charge in [0.2, 0.25) is 5.91 Å². The molecular weight excluding hydrogens is 408 g/mol. The maximum Gasteiger partial charge on any atom is 0.262 e. The topological polar surface area (TPSA) is 93.2 Å². The van der Waals surface area contributed by atoms with E-state index in [0.717, 1.165) is 22.1 Å². The van der Waals surface area contributed by atoms with E-state index in [4.69, 9.17) is 4.74 Å². The van der Waals surface area contributed by atoms with E-state index in [9.17, 15) is 9.59 Å². The van der Waals surface area contributed by atoms with Gasteiger partial charge in [-0.1, -0.05) is 41.3 Å². The molecule has 1 heterocycles. The molecule has 9 heteroatoms. The number of hydrogen-bond acceptors (Lipinski definition) is 7. The van der Waals surface area contributed by atoms with E-state index in [-0.39, 0.29) is 24.3 Å². The fourth-order valence-corrected chi connectivity index (χ4v) is 4.07. The first-order valence-electron chi connectivity index (χ1n) is 9.04. The monoisotopic (exact) mass is 426 g/mol. The summed E-state index contributed by atoms with van der Waals surface area (Å²) < 4.78 is 6.39. The lowest BCUT2D eigenvalue weighted by molar-refractivity contribution is -0.118. The first kappa shape index (κ1) is 19.4. The van der Waals surface area contributed by atoms with Crippen LogP contribution in [-0.2, 0) is 9.59 Å². The van der Waals surface area contributed by atoms with Crippen LogP contribution in [0.3, 0.4) is 0 Å². The highest BCUT2D eigenvalue weighted by molar-refractivity contribution is 8.01. The summed E-state index contributed by atoms with van der Waals surface area (Å²) >= 11 is 2.88. The first-order valence-corrected chi connectivity index (χ1v) is 10.7. The maximum absolute atomic E-state index is 12.4. The quantitative estimate of drug-likeness (QED) is 0.564. The Morgan fingerprint density at radius 2 is 2.00 bits per heavy atom. The first-order chi connectivity index (χ1) is 14.2. The molecule has 4 rings (SSSR count). The van der Waals surface area contributed by atoms with Gasteiger partial charge < -0.3 is 15.4 Å². The van der Waals surface area contributed by atoms with Gasteiger partial charge in [-0.15, -0.1) is 10.2 Å². The molecule has 1 saturated carbocycles. The van der Waals surface area contributed by atoms with Crippen LogP contribution in [0.4, 0.5) is 11.4 Å². The van der Waals surface area contributed by atoms with Crippen LogP contribution in [-0.4, -0.2) is 28.6 Å². The van der Waals surface area contributed by atoms with Crippen molar-refractivity contribution < 1.29 is 14.3 Å². The minimum absolute atomic E-state index is 0.0319. The maximum atomic E-state index is 12.4. The summed E-state index contributed by atoms with van der Waals surface area (Å²) in [6, 6.07) is 14.5. The Kier molecular flexibility index (Phi) is 6.06. The molecule has 7 nitrogen and oxygen atoms in total. The Bertz CT molecular complexity index is 1010. The van der Waals surface area contributed by atoms with E-state index in [1.54, 1.807) is 29.8 Å². The van der Waals surface area contributed by atoms with Crippen molar-refractivity contribution >= 4 is 46.3 Å². The summed E-state index contributed by atoms with van der Waals surface area (Å²) in [6.45, 7) is -0.141. The summed E-state index contributed by atoms with van der Waals surface area (Å²) in [6.07, 6.45) is 1.89. The van der Waals surface area contributed by atoms with E-state index < -0.39 is 0 Å². The lowest BCUT2D eigenvalue weighted by Crippen LogP contribution is -2.20. The highest BCUT2D eigenvalue weighted by Crippen LogP contribution is 2.34. The molecule has 29 heavy (non-hydrogen) atoms. The smallest absolute Gasteiger partial charge is 0.262 e. The van der Waals surface area contributed by atoms with Gasteiger partial charge in [0, 0.05) is 22.6 Å². The molecule has 0 atom stereocenters. The number of aromatic nitrogens is 2. The number of hydrogen-bond donors (Lipinski definition) is 2. The van der Waals surface area contributed by atoms with Crippen LogP contribution in [0.5, 0.6) is 5.75 Å². The molecule has 0 radical (unpaired) electrons. The Hall–Kier alpha value is -2.91. The molecule has 0 saturated heterocycles. The van der Waals surface area contributed by atoms with Gasteiger partial charge in [0.25, 0.3) is 5.91 Å². The Balaban J connectivity index is 1.33. The van der Waals surface area contributed by atoms with Gasteiger partial charge in [0.1, 0.15) is 11.3 Å². The highest BCUT2D eigenvalue weighted by atomic mass is 32.2. The van der Waals surface area contributed by atoms with Crippen LogP contribution >= 0.6 is 23.1 Å². The lowest BCUT2D eigenvalue weighted by atomic mass is 10.3. The third-order valence-corrected chi connectivity index (χ3v) is 5.97. The number of carbonyl (C=O) groups excluding carboxylic acids is 2. The third kappa shape index (κ3) is 5.55. The van der Waals surface area contributed by atoms with E-state index in [1.807, 2.05) is 24.3 Å². The van der Waals surface area contributed by atoms with E-state index in [1.165, 1.54) is 23.1 Å². The van der Waals surface area contributed by atoms with Gasteiger partial charge in [-0.3, -0.25) is 9.59 Å². The fraction of sp³-hybridized carbons (Fsp3) is 0.200. The zero-order chi connectivity index (χ0) is 20.1. The second kappa shape index (κ2) is 9.06. The molecule has 1 aromatic heterocycles. The van der Waals surface area contributed by atoms with E-state index >= 15 is 0 Å². The van der Waals surface area contributed by atoms with Crippen molar-refractivity contribution in [1.82, 2.24) is 10.2 Å². The molecule has 2 aromatic carbocycles. The second-order valence-electron chi connectivity index (χ2n) is 6.43. The Morgan fingerprint density at radius 3 is 2.79 bits per heavy atom. The average Bonchev–Trinajstić information content (AvgIpc) is 3.46. The van der Waals surface area contributed by atoms with Gasteiger partial charge in [0.05, 0.1) is 5.69 Å². The predicted molar refractivity (Wildman–Crippen MR) is 112 cm³/mol. The molecule has 1 aliphatic rings. The fourth-order valence-electron chi connectivity index (χ4n) is 2.55. The normalized spacial score (nSPS) is 13.0. The van der Waals surface area contributed by atoms with Crippen molar-refractivity contribution in [3.63, 3.8) is 0 Å². The van der Waals surface area contributed by atoms with Gasteiger partial charge in [-0.25, -0.2) is 0 Å². The number of ether oxygens (including phenoxy) is 1. The van der Waals surface area contributed by atoms with Crippen LogP contribution in [0.25, 0.3) is 0 Å². The van der Waals surface area contributed by atoms with Crippen LogP contribution in [0.2, 0.25) is 0 Å². The molecule has 148 valence electrons. The van der Waals surface area contributed by atoms with Crippen molar-refractivity contribution in [1.29, 1.82) is 0 Å². The minimum Gasteiger partial charge on any atom is -0.484 e. The molecule has 0 bridgehead atoms. The molecule has 3 aromatic rings. The SMILES string of the molecule is O=C(COc1cccc(NC(=O)C2CC2)c1)Nc1ccccc1Sc1nncs1. The zero-order valence-corrected chi connectivity index (χ0v) is 17.0. The number of benzene rings is 2. The summed E-state index contributed by atoms with van der Waals surface area (Å²) in [7, 11) is 0. The Morgan fingerprint density at radius 1 is 1.14 bits per heavy atom. The summed E-state index contributed by atoms with van der Waals surface area (Å²) in [5.41, 5.74) is 3.02. The predicted octanol–water partition coefficient (Wildman–Crippen LogP) is 4.06. The van der Waals surface area contributed by atoms with E-state index in [0.29, 0.717) is 17.1 Å². The van der Waals surface area contributed by atoms with Crippen LogP contribution in [0.1, 0.15) is 12.8 Å². The molecule has 0 unspecified atom stereocenters. The van der Waals surface area contributed by atoms with Gasteiger partial charge in [0.15, 0.2) is 10.9 Å². The summed E-state index contributed by atoms with van der Waals surface area (Å²) in [5.74, 6) is 0.404. The van der Waals surface area contributed by atoms with Crippen molar-refractivity contribution in [2.45, 2.75) is 22.1 Å². The van der Waals surface area contributed by atoms with E-state index in [2.05, 4.69) is 20.8 Å². The van der Waals surface area contributed by atoms with Crippen molar-refractivity contribution in [3.05, 3.63) is 54.0 Å².